The van der Waals surface area contributed by atoms with Gasteiger partial charge in [-0.05, 0) is 33.8 Å². The topological polar surface area (TPSA) is 49.4 Å². The smallest absolute Gasteiger partial charge is 0.217 e. The van der Waals surface area contributed by atoms with Crippen LogP contribution >= 0.6 is 27.3 Å². The minimum absolute atomic E-state index is 0.00539. The molecule has 1 aromatic rings. The Kier molecular flexibility index (Phi) is 4.53. The van der Waals surface area contributed by atoms with Crippen molar-refractivity contribution >= 4 is 39.0 Å². The Morgan fingerprint density at radius 3 is 3.00 bits per heavy atom. The van der Waals surface area contributed by atoms with E-state index in [0.717, 1.165) is 28.9 Å². The molecule has 6 heteroatoms. The first-order valence-electron chi connectivity index (χ1n) is 5.82. The maximum absolute atomic E-state index is 12.1. The number of rotatable bonds is 4. The average molecular weight is 331 g/mol. The first kappa shape index (κ1) is 13.7. The number of halogens is 1. The summed E-state index contributed by atoms with van der Waals surface area (Å²) in [5.41, 5.74) is 0. The summed E-state index contributed by atoms with van der Waals surface area (Å²) in [7, 11) is 0. The van der Waals surface area contributed by atoms with E-state index in [2.05, 4.69) is 26.1 Å². The SMILES string of the molecule is CC(=O)NC1CCN(CC(=O)c2sccc2Br)C1. The van der Waals surface area contributed by atoms with Gasteiger partial charge in [0.15, 0.2) is 5.78 Å². The van der Waals surface area contributed by atoms with E-state index in [9.17, 15) is 9.59 Å². The number of Topliss-reactive ketones (excluding diaryl/α,β-unsaturated/α-hetero) is 1. The van der Waals surface area contributed by atoms with Crippen molar-refractivity contribution in [3.05, 3.63) is 20.8 Å². The second-order valence-electron chi connectivity index (χ2n) is 4.44. The molecule has 0 saturated carbocycles. The van der Waals surface area contributed by atoms with E-state index in [1.165, 1.54) is 18.3 Å². The average Bonchev–Trinajstić information content (AvgIpc) is 2.87. The fourth-order valence-corrected chi connectivity index (χ4v) is 3.67. The van der Waals surface area contributed by atoms with Gasteiger partial charge in [-0.25, -0.2) is 0 Å². The molecular weight excluding hydrogens is 316 g/mol. The van der Waals surface area contributed by atoms with Crippen LogP contribution in [0.1, 0.15) is 23.0 Å². The Morgan fingerprint density at radius 1 is 1.61 bits per heavy atom. The van der Waals surface area contributed by atoms with E-state index in [1.807, 2.05) is 11.4 Å². The normalized spacial score (nSPS) is 20.0. The van der Waals surface area contributed by atoms with Gasteiger partial charge < -0.3 is 5.32 Å². The van der Waals surface area contributed by atoms with Gasteiger partial charge in [-0.15, -0.1) is 11.3 Å². The monoisotopic (exact) mass is 330 g/mol. The van der Waals surface area contributed by atoms with Crippen LogP contribution in [-0.2, 0) is 4.79 Å². The number of hydrogen-bond donors (Lipinski definition) is 1. The summed E-state index contributed by atoms with van der Waals surface area (Å²) in [5.74, 6) is 0.134. The highest BCUT2D eigenvalue weighted by atomic mass is 79.9. The van der Waals surface area contributed by atoms with Crippen molar-refractivity contribution in [3.63, 3.8) is 0 Å². The summed E-state index contributed by atoms with van der Waals surface area (Å²) in [6.07, 6.45) is 0.915. The van der Waals surface area contributed by atoms with Crippen LogP contribution in [0.4, 0.5) is 0 Å². The Morgan fingerprint density at radius 2 is 2.39 bits per heavy atom. The maximum Gasteiger partial charge on any atom is 0.217 e. The number of carbonyl (C=O) groups excluding carboxylic acids is 2. The van der Waals surface area contributed by atoms with Gasteiger partial charge in [-0.2, -0.15) is 0 Å². The lowest BCUT2D eigenvalue weighted by atomic mass is 10.2. The molecule has 4 nitrogen and oxygen atoms in total. The number of amides is 1. The minimum atomic E-state index is -0.00539. The number of thiophene rings is 1. The molecule has 98 valence electrons. The van der Waals surface area contributed by atoms with Crippen LogP contribution in [0.15, 0.2) is 15.9 Å². The second-order valence-corrected chi connectivity index (χ2v) is 6.21. The van der Waals surface area contributed by atoms with E-state index >= 15 is 0 Å². The lowest BCUT2D eigenvalue weighted by molar-refractivity contribution is -0.119. The molecule has 0 radical (unpaired) electrons. The molecule has 0 aliphatic carbocycles. The Labute approximate surface area is 118 Å². The van der Waals surface area contributed by atoms with Gasteiger partial charge in [0.05, 0.1) is 11.4 Å². The lowest BCUT2D eigenvalue weighted by Gasteiger charge is -2.15. The molecule has 2 rings (SSSR count). The first-order chi connectivity index (χ1) is 8.56. The third kappa shape index (κ3) is 3.40. The van der Waals surface area contributed by atoms with Gasteiger partial charge in [0.2, 0.25) is 5.91 Å². The molecule has 1 aliphatic heterocycles. The Bertz CT molecular complexity index is 461. The zero-order chi connectivity index (χ0) is 13.1. The van der Waals surface area contributed by atoms with Crippen molar-refractivity contribution in [2.45, 2.75) is 19.4 Å². The molecule has 1 atom stereocenters. The van der Waals surface area contributed by atoms with Crippen LogP contribution in [0.5, 0.6) is 0 Å². The predicted octanol–water partition coefficient (Wildman–Crippen LogP) is 1.90. The van der Waals surface area contributed by atoms with Crippen LogP contribution in [-0.4, -0.2) is 42.3 Å². The molecular formula is C12H15BrN2O2S. The fraction of sp³-hybridized carbons (Fsp3) is 0.500. The predicted molar refractivity (Wildman–Crippen MR) is 75.0 cm³/mol. The van der Waals surface area contributed by atoms with E-state index in [4.69, 9.17) is 0 Å². The van der Waals surface area contributed by atoms with Crippen molar-refractivity contribution in [1.29, 1.82) is 0 Å². The molecule has 1 unspecified atom stereocenters. The first-order valence-corrected chi connectivity index (χ1v) is 7.49. The number of carbonyl (C=O) groups is 2. The largest absolute Gasteiger partial charge is 0.352 e. The number of nitrogens with one attached hydrogen (secondary N) is 1. The van der Waals surface area contributed by atoms with E-state index in [0.29, 0.717) is 6.54 Å². The highest BCUT2D eigenvalue weighted by molar-refractivity contribution is 9.10. The highest BCUT2D eigenvalue weighted by Gasteiger charge is 2.25. The molecule has 0 spiro atoms. The van der Waals surface area contributed by atoms with Crippen molar-refractivity contribution in [2.24, 2.45) is 0 Å². The van der Waals surface area contributed by atoms with Gasteiger partial charge in [-0.3, -0.25) is 14.5 Å². The zero-order valence-electron chi connectivity index (χ0n) is 10.1. The summed E-state index contributed by atoms with van der Waals surface area (Å²) >= 11 is 4.83. The molecule has 0 aromatic carbocycles. The summed E-state index contributed by atoms with van der Waals surface area (Å²) in [4.78, 5) is 25.9. The zero-order valence-corrected chi connectivity index (χ0v) is 12.5. The Hall–Kier alpha value is -0.720. The number of nitrogens with zero attached hydrogens (tertiary/aromatic N) is 1. The molecule has 0 bridgehead atoms. The van der Waals surface area contributed by atoms with Crippen molar-refractivity contribution in [3.8, 4) is 0 Å². The molecule has 2 heterocycles. The van der Waals surface area contributed by atoms with E-state index < -0.39 is 0 Å². The van der Waals surface area contributed by atoms with Gasteiger partial charge in [-0.1, -0.05) is 0 Å². The lowest BCUT2D eigenvalue weighted by Crippen LogP contribution is -2.36. The standard InChI is InChI=1S/C12H15BrN2O2S/c1-8(16)14-9-2-4-15(6-9)7-11(17)12-10(13)3-5-18-12/h3,5,9H,2,4,6-7H2,1H3,(H,14,16). The van der Waals surface area contributed by atoms with E-state index in [-0.39, 0.29) is 17.7 Å². The summed E-state index contributed by atoms with van der Waals surface area (Å²) in [6, 6.07) is 2.07. The van der Waals surface area contributed by atoms with Gasteiger partial charge >= 0.3 is 0 Å². The highest BCUT2D eigenvalue weighted by Crippen LogP contribution is 2.23. The van der Waals surface area contributed by atoms with Gasteiger partial charge in [0, 0.05) is 30.5 Å². The molecule has 18 heavy (non-hydrogen) atoms. The minimum Gasteiger partial charge on any atom is -0.352 e. The summed E-state index contributed by atoms with van der Waals surface area (Å²) in [6.45, 7) is 3.57. The summed E-state index contributed by atoms with van der Waals surface area (Å²) in [5, 5.41) is 4.80. The van der Waals surface area contributed by atoms with Gasteiger partial charge in [0.1, 0.15) is 0 Å². The quantitative estimate of drug-likeness (QED) is 0.858. The van der Waals surface area contributed by atoms with Gasteiger partial charge in [0.25, 0.3) is 0 Å². The third-order valence-electron chi connectivity index (χ3n) is 2.92. The molecule has 1 amide bonds. The van der Waals surface area contributed by atoms with E-state index in [1.54, 1.807) is 0 Å². The summed E-state index contributed by atoms with van der Waals surface area (Å²) < 4.78 is 0.870. The van der Waals surface area contributed by atoms with Crippen LogP contribution in [0.3, 0.4) is 0 Å². The number of ketones is 1. The van der Waals surface area contributed by atoms with Crippen LogP contribution in [0, 0.1) is 0 Å². The third-order valence-corrected chi connectivity index (χ3v) is 4.80. The van der Waals surface area contributed by atoms with Crippen molar-refractivity contribution < 1.29 is 9.59 Å². The molecule has 1 fully saturated rings. The molecule has 1 aromatic heterocycles. The maximum atomic E-state index is 12.1. The fourth-order valence-electron chi connectivity index (χ4n) is 2.15. The number of likely N-dealkylation sites (tertiary alicyclic amines) is 1. The number of hydrogen-bond acceptors (Lipinski definition) is 4. The second kappa shape index (κ2) is 5.95. The molecule has 1 saturated heterocycles. The molecule has 1 N–H and O–H groups in total. The Balaban J connectivity index is 1.87. The van der Waals surface area contributed by atoms with Crippen molar-refractivity contribution in [2.75, 3.05) is 19.6 Å². The molecule has 1 aliphatic rings. The van der Waals surface area contributed by atoms with Crippen molar-refractivity contribution in [1.82, 2.24) is 10.2 Å². The van der Waals surface area contributed by atoms with Crippen LogP contribution in [0.25, 0.3) is 0 Å². The van der Waals surface area contributed by atoms with Crippen LogP contribution < -0.4 is 5.32 Å². The van der Waals surface area contributed by atoms with Crippen LogP contribution in [0.2, 0.25) is 0 Å².